The average molecular weight is 498 g/mol. The van der Waals surface area contributed by atoms with Crippen molar-refractivity contribution in [2.75, 3.05) is 33.9 Å². The summed E-state index contributed by atoms with van der Waals surface area (Å²) < 4.78 is 11.0. The van der Waals surface area contributed by atoms with Gasteiger partial charge >= 0.3 is 0 Å². The van der Waals surface area contributed by atoms with E-state index in [0.717, 1.165) is 36.7 Å². The van der Waals surface area contributed by atoms with Gasteiger partial charge in [-0.15, -0.1) is 24.0 Å². The molecule has 7 heteroatoms. The lowest BCUT2D eigenvalue weighted by molar-refractivity contribution is 0.172. The van der Waals surface area contributed by atoms with Gasteiger partial charge in [0.25, 0.3) is 0 Å². The molecule has 1 heterocycles. The van der Waals surface area contributed by atoms with Gasteiger partial charge in [0.15, 0.2) is 5.96 Å². The van der Waals surface area contributed by atoms with Gasteiger partial charge in [-0.25, -0.2) is 0 Å². The summed E-state index contributed by atoms with van der Waals surface area (Å²) in [6.07, 6.45) is 5.44. The van der Waals surface area contributed by atoms with Crippen LogP contribution in [0.3, 0.4) is 0 Å². The number of aryl methyl sites for hydroxylation is 1. The lowest BCUT2D eigenvalue weighted by Gasteiger charge is -2.15. The molecule has 1 aromatic heterocycles. The van der Waals surface area contributed by atoms with Gasteiger partial charge in [-0.3, -0.25) is 9.98 Å². The van der Waals surface area contributed by atoms with Gasteiger partial charge in [-0.05, 0) is 36.6 Å². The highest BCUT2D eigenvalue weighted by Crippen LogP contribution is 2.20. The number of rotatable bonds is 10. The Hall–Kier alpha value is -1.87. The van der Waals surface area contributed by atoms with Crippen molar-refractivity contribution in [1.29, 1.82) is 0 Å². The van der Waals surface area contributed by atoms with Crippen molar-refractivity contribution in [3.05, 3.63) is 59.4 Å². The molecule has 0 aliphatic carbocycles. The van der Waals surface area contributed by atoms with Gasteiger partial charge in [0.2, 0.25) is 0 Å². The second-order valence-corrected chi connectivity index (χ2v) is 6.27. The normalized spacial score (nSPS) is 10.9. The molecule has 0 saturated heterocycles. The van der Waals surface area contributed by atoms with Crippen molar-refractivity contribution in [3.63, 3.8) is 0 Å². The molecular weight excluding hydrogens is 467 g/mol. The summed E-state index contributed by atoms with van der Waals surface area (Å²) in [7, 11) is 3.48. The number of ether oxygens (including phenoxy) is 2. The van der Waals surface area contributed by atoms with E-state index >= 15 is 0 Å². The van der Waals surface area contributed by atoms with Crippen molar-refractivity contribution in [3.8, 4) is 5.75 Å². The Morgan fingerprint density at radius 2 is 2.04 bits per heavy atom. The van der Waals surface area contributed by atoms with Crippen LogP contribution in [0.2, 0.25) is 0 Å². The Morgan fingerprint density at radius 3 is 2.75 bits per heavy atom. The Balaban J connectivity index is 0.00000392. The van der Waals surface area contributed by atoms with Gasteiger partial charge < -0.3 is 20.1 Å². The fourth-order valence-electron chi connectivity index (χ4n) is 2.60. The van der Waals surface area contributed by atoms with E-state index in [1.165, 1.54) is 11.1 Å². The van der Waals surface area contributed by atoms with Crippen LogP contribution in [0.5, 0.6) is 5.75 Å². The second kappa shape index (κ2) is 14.2. The number of aromatic nitrogens is 1. The molecule has 0 bridgehead atoms. The van der Waals surface area contributed by atoms with Gasteiger partial charge in [-0.2, -0.15) is 0 Å². The number of halogens is 1. The molecule has 1 aromatic carbocycles. The van der Waals surface area contributed by atoms with Crippen molar-refractivity contribution < 1.29 is 9.47 Å². The molecule has 2 aromatic rings. The first-order valence-corrected chi connectivity index (χ1v) is 9.27. The summed E-state index contributed by atoms with van der Waals surface area (Å²) in [5.41, 5.74) is 3.48. The number of hydrogen-bond acceptors (Lipinski definition) is 4. The number of pyridine rings is 1. The van der Waals surface area contributed by atoms with Gasteiger partial charge in [0.1, 0.15) is 5.75 Å². The number of guanidine groups is 1. The van der Waals surface area contributed by atoms with Crippen LogP contribution in [0, 0.1) is 6.92 Å². The van der Waals surface area contributed by atoms with E-state index in [0.29, 0.717) is 19.8 Å². The third-order valence-corrected chi connectivity index (χ3v) is 4.07. The first kappa shape index (κ1) is 24.2. The van der Waals surface area contributed by atoms with E-state index in [-0.39, 0.29) is 24.0 Å². The molecule has 0 fully saturated rings. The lowest BCUT2D eigenvalue weighted by atomic mass is 10.1. The molecule has 0 radical (unpaired) electrons. The second-order valence-electron chi connectivity index (χ2n) is 6.27. The quantitative estimate of drug-likeness (QED) is 0.228. The minimum atomic E-state index is 0. The van der Waals surface area contributed by atoms with E-state index in [1.807, 2.05) is 12.3 Å². The molecule has 0 atom stereocenters. The van der Waals surface area contributed by atoms with Crippen LogP contribution in [0.15, 0.2) is 47.7 Å². The molecule has 0 saturated carbocycles. The summed E-state index contributed by atoms with van der Waals surface area (Å²) in [6.45, 7) is 4.85. The van der Waals surface area contributed by atoms with Crippen LogP contribution in [0.1, 0.15) is 23.1 Å². The number of aliphatic imine (C=N–C) groups is 1. The zero-order chi connectivity index (χ0) is 19.3. The molecule has 0 amide bonds. The fraction of sp³-hybridized carbons (Fsp3) is 0.429. The van der Waals surface area contributed by atoms with Gasteiger partial charge in [0.05, 0.1) is 6.61 Å². The van der Waals surface area contributed by atoms with Crippen LogP contribution in [-0.2, 0) is 17.7 Å². The van der Waals surface area contributed by atoms with E-state index in [1.54, 1.807) is 20.4 Å². The average Bonchev–Trinajstić information content (AvgIpc) is 2.69. The molecule has 2 N–H and O–H groups in total. The van der Waals surface area contributed by atoms with Crippen LogP contribution >= 0.6 is 24.0 Å². The van der Waals surface area contributed by atoms with Crippen LogP contribution in [0.25, 0.3) is 0 Å². The Bertz CT molecular complexity index is 711. The number of nitrogens with one attached hydrogen (secondary N) is 2. The van der Waals surface area contributed by atoms with Crippen molar-refractivity contribution in [2.24, 2.45) is 4.99 Å². The van der Waals surface area contributed by atoms with E-state index in [4.69, 9.17) is 9.47 Å². The topological polar surface area (TPSA) is 67.8 Å². The first-order chi connectivity index (χ1) is 13.2. The van der Waals surface area contributed by atoms with Crippen LogP contribution in [0.4, 0.5) is 0 Å². The molecule has 28 heavy (non-hydrogen) atoms. The predicted octanol–water partition coefficient (Wildman–Crippen LogP) is 3.33. The molecule has 0 aliphatic heterocycles. The molecule has 6 nitrogen and oxygen atoms in total. The standard InChI is InChI=1S/C21H30N4O2.HI/c1-17-7-8-19(20(14-17)27-13-5-12-26-3)16-25-21(22-2)24-11-9-18-6-4-10-23-15-18;/h4,6-8,10,14-15H,5,9,11-13,16H2,1-3H3,(H2,22,24,25);1H. The summed E-state index contributed by atoms with van der Waals surface area (Å²) >= 11 is 0. The molecule has 2 rings (SSSR count). The number of nitrogens with zero attached hydrogens (tertiary/aromatic N) is 2. The maximum Gasteiger partial charge on any atom is 0.191 e. The third-order valence-electron chi connectivity index (χ3n) is 4.07. The van der Waals surface area contributed by atoms with E-state index in [2.05, 4.69) is 51.8 Å². The fourth-order valence-corrected chi connectivity index (χ4v) is 2.60. The molecule has 154 valence electrons. The van der Waals surface area contributed by atoms with Crippen LogP contribution in [-0.4, -0.2) is 44.9 Å². The number of methoxy groups -OCH3 is 1. The SMILES string of the molecule is CN=C(NCCc1cccnc1)NCc1ccc(C)cc1OCCCOC.I. The maximum absolute atomic E-state index is 5.94. The zero-order valence-corrected chi connectivity index (χ0v) is 19.2. The van der Waals surface area contributed by atoms with Crippen molar-refractivity contribution in [2.45, 2.75) is 26.3 Å². The van der Waals surface area contributed by atoms with E-state index < -0.39 is 0 Å². The predicted molar refractivity (Wildman–Crippen MR) is 125 cm³/mol. The molecule has 0 aliphatic rings. The highest BCUT2D eigenvalue weighted by molar-refractivity contribution is 14.0. The molecular formula is C21H31IN4O2. The summed E-state index contributed by atoms with van der Waals surface area (Å²) in [4.78, 5) is 8.43. The lowest BCUT2D eigenvalue weighted by Crippen LogP contribution is -2.37. The minimum absolute atomic E-state index is 0. The molecule has 0 spiro atoms. The smallest absolute Gasteiger partial charge is 0.191 e. The Kier molecular flexibility index (Phi) is 12.2. The first-order valence-electron chi connectivity index (χ1n) is 9.27. The summed E-state index contributed by atoms with van der Waals surface area (Å²) in [5, 5.41) is 6.68. The summed E-state index contributed by atoms with van der Waals surface area (Å²) in [5.74, 6) is 1.68. The van der Waals surface area contributed by atoms with E-state index in [9.17, 15) is 0 Å². The largest absolute Gasteiger partial charge is 0.493 e. The Labute approximate surface area is 185 Å². The third kappa shape index (κ3) is 8.88. The van der Waals surface area contributed by atoms with Gasteiger partial charge in [-0.1, -0.05) is 18.2 Å². The maximum atomic E-state index is 5.94. The number of benzene rings is 1. The Morgan fingerprint density at radius 1 is 1.18 bits per heavy atom. The monoisotopic (exact) mass is 498 g/mol. The minimum Gasteiger partial charge on any atom is -0.493 e. The van der Waals surface area contributed by atoms with Crippen LogP contribution < -0.4 is 15.4 Å². The highest BCUT2D eigenvalue weighted by Gasteiger charge is 2.06. The van der Waals surface area contributed by atoms with Crippen molar-refractivity contribution >= 4 is 29.9 Å². The number of hydrogen-bond donors (Lipinski definition) is 2. The van der Waals surface area contributed by atoms with Gasteiger partial charge in [0, 0.05) is 58.2 Å². The van der Waals surface area contributed by atoms with Crippen molar-refractivity contribution in [1.82, 2.24) is 15.6 Å². The molecule has 0 unspecified atom stereocenters. The zero-order valence-electron chi connectivity index (χ0n) is 16.9. The summed E-state index contributed by atoms with van der Waals surface area (Å²) in [6, 6.07) is 10.3. The highest BCUT2D eigenvalue weighted by atomic mass is 127.